The molecule has 3 heteroatoms. The summed E-state index contributed by atoms with van der Waals surface area (Å²) in [6.07, 6.45) is 7.56. The molecule has 0 aliphatic heterocycles. The van der Waals surface area contributed by atoms with Crippen LogP contribution in [0.25, 0.3) is 0 Å². The molecule has 0 aromatic carbocycles. The molecule has 16 heavy (non-hydrogen) atoms. The summed E-state index contributed by atoms with van der Waals surface area (Å²) < 4.78 is 5.78. The van der Waals surface area contributed by atoms with E-state index in [9.17, 15) is 5.11 Å². The molecule has 2 fully saturated rings. The van der Waals surface area contributed by atoms with E-state index in [1.54, 1.807) is 0 Å². The van der Waals surface area contributed by atoms with Gasteiger partial charge in [0.15, 0.2) is 0 Å². The fourth-order valence-corrected chi connectivity index (χ4v) is 2.43. The number of aliphatic hydroxyl groups excluding tert-OH is 1. The quantitative estimate of drug-likeness (QED) is 0.725. The lowest BCUT2D eigenvalue weighted by molar-refractivity contribution is -0.0306. The van der Waals surface area contributed by atoms with Gasteiger partial charge in [0.1, 0.15) is 0 Å². The van der Waals surface area contributed by atoms with E-state index in [-0.39, 0.29) is 6.10 Å². The molecular formula is C13H25NO2. The third kappa shape index (κ3) is 4.40. The standard InChI is InChI=1S/C13H25NO2/c1-10-3-2-4-13(7-10)16-9-12(15)8-14-11-5-6-11/h10-15H,2-9H2,1H3. The van der Waals surface area contributed by atoms with Crippen molar-refractivity contribution in [1.29, 1.82) is 0 Å². The minimum Gasteiger partial charge on any atom is -0.389 e. The molecule has 0 saturated heterocycles. The second-order valence-corrected chi connectivity index (χ2v) is 5.56. The second-order valence-electron chi connectivity index (χ2n) is 5.56. The summed E-state index contributed by atoms with van der Waals surface area (Å²) in [5.74, 6) is 0.792. The zero-order valence-electron chi connectivity index (χ0n) is 10.3. The van der Waals surface area contributed by atoms with Crippen molar-refractivity contribution in [2.45, 2.75) is 63.7 Å². The number of ether oxygens (including phenoxy) is 1. The van der Waals surface area contributed by atoms with Crippen LogP contribution in [0.5, 0.6) is 0 Å². The molecule has 3 unspecified atom stereocenters. The van der Waals surface area contributed by atoms with Crippen LogP contribution in [0.2, 0.25) is 0 Å². The molecule has 94 valence electrons. The maximum absolute atomic E-state index is 9.73. The average molecular weight is 227 g/mol. The highest BCUT2D eigenvalue weighted by molar-refractivity contribution is 4.81. The van der Waals surface area contributed by atoms with Crippen LogP contribution in [0.1, 0.15) is 45.4 Å². The average Bonchev–Trinajstić information content (AvgIpc) is 3.07. The first kappa shape index (κ1) is 12.3. The Hall–Kier alpha value is -0.120. The number of nitrogens with one attached hydrogen (secondary N) is 1. The zero-order valence-corrected chi connectivity index (χ0v) is 10.3. The molecule has 0 heterocycles. The number of rotatable bonds is 6. The van der Waals surface area contributed by atoms with Crippen LogP contribution in [0.4, 0.5) is 0 Å². The van der Waals surface area contributed by atoms with Gasteiger partial charge in [-0.25, -0.2) is 0 Å². The maximum atomic E-state index is 9.73. The lowest BCUT2D eigenvalue weighted by Crippen LogP contribution is -2.34. The van der Waals surface area contributed by atoms with Gasteiger partial charge in [-0.15, -0.1) is 0 Å². The maximum Gasteiger partial charge on any atom is 0.0897 e. The van der Waals surface area contributed by atoms with Crippen LogP contribution >= 0.6 is 0 Å². The van der Waals surface area contributed by atoms with Gasteiger partial charge in [0, 0.05) is 12.6 Å². The SMILES string of the molecule is CC1CCCC(OCC(O)CNC2CC2)C1. The molecule has 0 radical (unpaired) electrons. The Morgan fingerprint density at radius 2 is 2.12 bits per heavy atom. The Labute approximate surface area is 98.6 Å². The van der Waals surface area contributed by atoms with Crippen LogP contribution in [-0.2, 0) is 4.74 Å². The van der Waals surface area contributed by atoms with Crippen molar-refractivity contribution in [1.82, 2.24) is 5.32 Å². The third-order valence-corrected chi connectivity index (χ3v) is 3.63. The summed E-state index contributed by atoms with van der Waals surface area (Å²) in [4.78, 5) is 0. The fraction of sp³-hybridized carbons (Fsp3) is 1.00. The van der Waals surface area contributed by atoms with E-state index in [4.69, 9.17) is 4.74 Å². The number of aliphatic hydroxyl groups is 1. The van der Waals surface area contributed by atoms with Gasteiger partial charge >= 0.3 is 0 Å². The highest BCUT2D eigenvalue weighted by Crippen LogP contribution is 2.25. The minimum absolute atomic E-state index is 0.335. The predicted molar refractivity (Wildman–Crippen MR) is 64.4 cm³/mol. The van der Waals surface area contributed by atoms with Crippen molar-refractivity contribution >= 4 is 0 Å². The summed E-state index contributed by atoms with van der Waals surface area (Å²) in [5.41, 5.74) is 0. The molecule has 0 bridgehead atoms. The Bertz CT molecular complexity index is 206. The summed E-state index contributed by atoms with van der Waals surface area (Å²) >= 11 is 0. The number of hydrogen-bond donors (Lipinski definition) is 2. The van der Waals surface area contributed by atoms with Crippen molar-refractivity contribution in [3.8, 4) is 0 Å². The van der Waals surface area contributed by atoms with E-state index in [2.05, 4.69) is 12.2 Å². The third-order valence-electron chi connectivity index (χ3n) is 3.63. The van der Waals surface area contributed by atoms with Crippen molar-refractivity contribution in [2.75, 3.05) is 13.2 Å². The molecule has 2 rings (SSSR count). The summed E-state index contributed by atoms with van der Waals surface area (Å²) in [7, 11) is 0. The van der Waals surface area contributed by atoms with E-state index in [0.717, 1.165) is 5.92 Å². The summed E-state index contributed by atoms with van der Waals surface area (Å²) in [6, 6.07) is 0.671. The van der Waals surface area contributed by atoms with Crippen LogP contribution in [0.3, 0.4) is 0 Å². The van der Waals surface area contributed by atoms with Gasteiger partial charge in [-0.2, -0.15) is 0 Å². The highest BCUT2D eigenvalue weighted by atomic mass is 16.5. The Kier molecular flexibility index (Phi) is 4.62. The van der Waals surface area contributed by atoms with E-state index < -0.39 is 0 Å². The largest absolute Gasteiger partial charge is 0.389 e. The first-order valence-electron chi connectivity index (χ1n) is 6.77. The van der Waals surface area contributed by atoms with Gasteiger partial charge in [-0.3, -0.25) is 0 Å². The van der Waals surface area contributed by atoms with E-state index >= 15 is 0 Å². The van der Waals surface area contributed by atoms with Crippen molar-refractivity contribution in [2.24, 2.45) is 5.92 Å². The van der Waals surface area contributed by atoms with Gasteiger partial charge in [-0.1, -0.05) is 19.8 Å². The minimum atomic E-state index is -0.335. The van der Waals surface area contributed by atoms with Gasteiger partial charge < -0.3 is 15.2 Å². The van der Waals surface area contributed by atoms with Crippen LogP contribution in [0, 0.1) is 5.92 Å². The van der Waals surface area contributed by atoms with Crippen molar-refractivity contribution < 1.29 is 9.84 Å². The lowest BCUT2D eigenvalue weighted by atomic mass is 9.89. The molecule has 2 aliphatic rings. The van der Waals surface area contributed by atoms with Gasteiger partial charge in [0.05, 0.1) is 18.8 Å². The Balaban J connectivity index is 1.54. The second kappa shape index (κ2) is 5.99. The molecule has 3 atom stereocenters. The van der Waals surface area contributed by atoms with Crippen molar-refractivity contribution in [3.63, 3.8) is 0 Å². The number of hydrogen-bond acceptors (Lipinski definition) is 3. The van der Waals surface area contributed by atoms with E-state index in [1.165, 1.54) is 38.5 Å². The van der Waals surface area contributed by atoms with Crippen LogP contribution in [0.15, 0.2) is 0 Å². The lowest BCUT2D eigenvalue weighted by Gasteiger charge is -2.27. The molecular weight excluding hydrogens is 202 g/mol. The normalized spacial score (nSPS) is 32.6. The molecule has 0 spiro atoms. The molecule has 0 amide bonds. The van der Waals surface area contributed by atoms with Crippen LogP contribution < -0.4 is 5.32 Å². The molecule has 2 aliphatic carbocycles. The van der Waals surface area contributed by atoms with E-state index in [1.807, 2.05) is 0 Å². The highest BCUT2D eigenvalue weighted by Gasteiger charge is 2.23. The van der Waals surface area contributed by atoms with Gasteiger partial charge in [-0.05, 0) is 31.6 Å². The Morgan fingerprint density at radius 3 is 2.81 bits per heavy atom. The molecule has 2 saturated carbocycles. The predicted octanol–water partition coefficient (Wildman–Crippen LogP) is 1.69. The summed E-state index contributed by atoms with van der Waals surface area (Å²) in [6.45, 7) is 3.48. The molecule has 0 aromatic rings. The van der Waals surface area contributed by atoms with Gasteiger partial charge in [0.2, 0.25) is 0 Å². The van der Waals surface area contributed by atoms with E-state index in [0.29, 0.717) is 25.3 Å². The van der Waals surface area contributed by atoms with Crippen LogP contribution in [-0.4, -0.2) is 36.5 Å². The monoisotopic (exact) mass is 227 g/mol. The first-order valence-corrected chi connectivity index (χ1v) is 6.77. The zero-order chi connectivity index (χ0) is 11.4. The smallest absolute Gasteiger partial charge is 0.0897 e. The molecule has 3 nitrogen and oxygen atoms in total. The van der Waals surface area contributed by atoms with Crippen molar-refractivity contribution in [3.05, 3.63) is 0 Å². The van der Waals surface area contributed by atoms with Gasteiger partial charge in [0.25, 0.3) is 0 Å². The topological polar surface area (TPSA) is 41.5 Å². The molecule has 2 N–H and O–H groups in total. The first-order chi connectivity index (χ1) is 7.74. The fourth-order valence-electron chi connectivity index (χ4n) is 2.43. The summed E-state index contributed by atoms with van der Waals surface area (Å²) in [5, 5.41) is 13.1. The Morgan fingerprint density at radius 1 is 1.31 bits per heavy atom. The molecule has 0 aromatic heterocycles.